The zero-order valence-corrected chi connectivity index (χ0v) is 16.2. The average Bonchev–Trinajstić information content (AvgIpc) is 2.65. The van der Waals surface area contributed by atoms with Crippen LogP contribution < -0.4 is 0 Å². The molecule has 1 aliphatic rings. The van der Waals surface area contributed by atoms with E-state index in [-0.39, 0.29) is 22.4 Å². The van der Waals surface area contributed by atoms with Crippen LogP contribution in [0.2, 0.25) is 0 Å². The largest absolute Gasteiger partial charge is 0.466 e. The van der Waals surface area contributed by atoms with Crippen molar-refractivity contribution in [2.45, 2.75) is 26.2 Å². The van der Waals surface area contributed by atoms with E-state index < -0.39 is 22.3 Å². The van der Waals surface area contributed by atoms with E-state index in [1.165, 1.54) is 32.4 Å². The molecule has 27 heavy (non-hydrogen) atoms. The van der Waals surface area contributed by atoms with Crippen LogP contribution in [0.4, 0.5) is 5.69 Å². The summed E-state index contributed by atoms with van der Waals surface area (Å²) in [6, 6.07) is 6.03. The second-order valence-corrected chi connectivity index (χ2v) is 6.36. The third-order valence-corrected chi connectivity index (χ3v) is 5.15. The molecule has 1 aliphatic heterocycles. The maximum Gasteiger partial charge on any atom is 0.336 e. The molecule has 0 aliphatic carbocycles. The summed E-state index contributed by atoms with van der Waals surface area (Å²) in [4.78, 5) is 38.2. The smallest absolute Gasteiger partial charge is 0.336 e. The maximum atomic E-state index is 12.7. The van der Waals surface area contributed by atoms with Crippen molar-refractivity contribution in [2.24, 2.45) is 0 Å². The third-order valence-electron chi connectivity index (χ3n) is 5.15. The fourth-order valence-corrected chi connectivity index (χ4v) is 3.67. The summed E-state index contributed by atoms with van der Waals surface area (Å²) in [6.07, 6.45) is 0. The summed E-state index contributed by atoms with van der Waals surface area (Å²) >= 11 is 0. The molecule has 1 aromatic carbocycles. The third kappa shape index (κ3) is 2.97. The maximum absolute atomic E-state index is 12.7. The predicted molar refractivity (Wildman–Crippen MR) is 97.6 cm³/mol. The summed E-state index contributed by atoms with van der Waals surface area (Å²) in [6.45, 7) is 5.02. The number of hydrogen-bond donors (Lipinski definition) is 0. The van der Waals surface area contributed by atoms with Crippen LogP contribution in [0.1, 0.15) is 26.3 Å². The topological polar surface area (TPSA) is 99.0 Å². The van der Waals surface area contributed by atoms with Crippen molar-refractivity contribution in [3.8, 4) is 0 Å². The van der Waals surface area contributed by atoms with E-state index in [2.05, 4.69) is 0 Å². The van der Waals surface area contributed by atoms with Crippen molar-refractivity contribution >= 4 is 17.6 Å². The molecule has 0 atom stereocenters. The molecular formula is C19H22N2O6. The van der Waals surface area contributed by atoms with Crippen LogP contribution in [0.25, 0.3) is 0 Å². The number of benzene rings is 1. The Labute approximate surface area is 157 Å². The van der Waals surface area contributed by atoms with Crippen molar-refractivity contribution in [1.29, 1.82) is 0 Å². The van der Waals surface area contributed by atoms with Crippen molar-refractivity contribution in [3.63, 3.8) is 0 Å². The van der Waals surface area contributed by atoms with Gasteiger partial charge in [-0.15, -0.1) is 0 Å². The van der Waals surface area contributed by atoms with Crippen molar-refractivity contribution < 1.29 is 24.0 Å². The molecule has 0 amide bonds. The summed E-state index contributed by atoms with van der Waals surface area (Å²) in [5, 5.41) is 11.7. The van der Waals surface area contributed by atoms with Gasteiger partial charge in [-0.25, -0.2) is 9.59 Å². The van der Waals surface area contributed by atoms with Crippen LogP contribution in [-0.2, 0) is 24.5 Å². The fraction of sp³-hybridized carbons (Fsp3) is 0.368. The number of para-hydroxylation sites is 1. The Morgan fingerprint density at radius 2 is 1.48 bits per heavy atom. The molecule has 2 rings (SSSR count). The van der Waals surface area contributed by atoms with Gasteiger partial charge in [-0.1, -0.05) is 18.2 Å². The van der Waals surface area contributed by atoms with E-state index in [4.69, 9.17) is 9.47 Å². The first-order chi connectivity index (χ1) is 12.6. The summed E-state index contributed by atoms with van der Waals surface area (Å²) in [5.74, 6) is -1.34. The molecule has 8 heteroatoms. The Morgan fingerprint density at radius 3 is 1.89 bits per heavy atom. The number of methoxy groups -OCH3 is 2. The Morgan fingerprint density at radius 1 is 1.04 bits per heavy atom. The molecule has 1 aromatic rings. The Hall–Kier alpha value is -3.16. The summed E-state index contributed by atoms with van der Waals surface area (Å²) in [5.41, 5.74) is -0.0543. The molecular weight excluding hydrogens is 352 g/mol. The lowest BCUT2D eigenvalue weighted by atomic mass is 9.66. The van der Waals surface area contributed by atoms with Crippen molar-refractivity contribution in [1.82, 2.24) is 4.90 Å². The highest BCUT2D eigenvalue weighted by atomic mass is 16.6. The summed E-state index contributed by atoms with van der Waals surface area (Å²) < 4.78 is 9.91. The number of carbonyl (C=O) groups is 2. The highest BCUT2D eigenvalue weighted by molar-refractivity contribution is 6.02. The monoisotopic (exact) mass is 374 g/mol. The normalized spacial score (nSPS) is 16.3. The number of allylic oxidation sites excluding steroid dienone is 2. The van der Waals surface area contributed by atoms with Gasteiger partial charge in [0.05, 0.1) is 35.7 Å². The van der Waals surface area contributed by atoms with E-state index in [0.717, 1.165) is 0 Å². The first-order valence-corrected chi connectivity index (χ1v) is 8.19. The zero-order valence-electron chi connectivity index (χ0n) is 16.2. The minimum atomic E-state index is -1.43. The van der Waals surface area contributed by atoms with E-state index in [9.17, 15) is 19.7 Å². The number of carbonyl (C=O) groups excluding carboxylic acids is 2. The number of ether oxygens (including phenoxy) is 2. The first-order valence-electron chi connectivity index (χ1n) is 8.19. The number of esters is 2. The molecule has 0 spiro atoms. The van der Waals surface area contributed by atoms with Crippen LogP contribution in [0.5, 0.6) is 0 Å². The number of hydrogen-bond acceptors (Lipinski definition) is 7. The van der Waals surface area contributed by atoms with Crippen LogP contribution in [0.3, 0.4) is 0 Å². The van der Waals surface area contributed by atoms with Gasteiger partial charge >= 0.3 is 11.9 Å². The number of nitro benzene ring substituents is 1. The minimum Gasteiger partial charge on any atom is -0.466 e. The van der Waals surface area contributed by atoms with Gasteiger partial charge in [-0.2, -0.15) is 0 Å². The van der Waals surface area contributed by atoms with Crippen LogP contribution in [-0.4, -0.2) is 43.0 Å². The van der Waals surface area contributed by atoms with Crippen LogP contribution >= 0.6 is 0 Å². The predicted octanol–water partition coefficient (Wildman–Crippen LogP) is 2.69. The Kier molecular flexibility index (Phi) is 5.39. The molecule has 0 fully saturated rings. The number of nitrogens with zero attached hydrogens (tertiary/aromatic N) is 2. The molecule has 1 heterocycles. The van der Waals surface area contributed by atoms with Gasteiger partial charge < -0.3 is 14.4 Å². The molecule has 0 radical (unpaired) electrons. The lowest BCUT2D eigenvalue weighted by molar-refractivity contribution is -0.385. The molecule has 0 aromatic heterocycles. The fourth-order valence-electron chi connectivity index (χ4n) is 3.67. The molecule has 0 N–H and O–H groups in total. The van der Waals surface area contributed by atoms with E-state index in [1.807, 2.05) is 0 Å². The van der Waals surface area contributed by atoms with Crippen LogP contribution in [0, 0.1) is 10.1 Å². The number of rotatable bonds is 4. The lowest BCUT2D eigenvalue weighted by Crippen LogP contribution is -2.44. The van der Waals surface area contributed by atoms with Gasteiger partial charge in [-0.3, -0.25) is 10.1 Å². The van der Waals surface area contributed by atoms with Gasteiger partial charge in [0.2, 0.25) is 0 Å². The molecule has 0 saturated carbocycles. The van der Waals surface area contributed by atoms with Gasteiger partial charge in [0, 0.05) is 30.1 Å². The lowest BCUT2D eigenvalue weighted by Gasteiger charge is -2.41. The zero-order chi connectivity index (χ0) is 20.5. The first kappa shape index (κ1) is 20.2. The highest BCUT2D eigenvalue weighted by Crippen LogP contribution is 2.49. The highest BCUT2D eigenvalue weighted by Gasteiger charge is 2.51. The van der Waals surface area contributed by atoms with Crippen molar-refractivity contribution in [2.75, 3.05) is 21.3 Å². The van der Waals surface area contributed by atoms with Gasteiger partial charge in [-0.05, 0) is 20.8 Å². The molecule has 0 unspecified atom stereocenters. The Bertz CT molecular complexity index is 844. The van der Waals surface area contributed by atoms with Crippen molar-refractivity contribution in [3.05, 3.63) is 62.5 Å². The molecule has 0 saturated heterocycles. The quantitative estimate of drug-likeness (QED) is 0.454. The second kappa shape index (κ2) is 7.22. The Balaban J connectivity index is 3.01. The van der Waals surface area contributed by atoms with Gasteiger partial charge in [0.25, 0.3) is 5.69 Å². The summed E-state index contributed by atoms with van der Waals surface area (Å²) in [7, 11) is 4.16. The van der Waals surface area contributed by atoms with E-state index in [1.54, 1.807) is 38.8 Å². The van der Waals surface area contributed by atoms with E-state index in [0.29, 0.717) is 11.4 Å². The van der Waals surface area contributed by atoms with Gasteiger partial charge in [0.1, 0.15) is 0 Å². The molecule has 0 bridgehead atoms. The van der Waals surface area contributed by atoms with Crippen LogP contribution in [0.15, 0.2) is 46.8 Å². The average molecular weight is 374 g/mol. The van der Waals surface area contributed by atoms with Gasteiger partial charge in [0.15, 0.2) is 0 Å². The number of nitro groups is 1. The minimum absolute atomic E-state index is 0.146. The second-order valence-electron chi connectivity index (χ2n) is 6.36. The molecule has 8 nitrogen and oxygen atoms in total. The standard InChI is InChI=1S/C19H22N2O6/c1-11-15(17(22)26-5)19(3,13-9-7-8-10-14(13)21(24)25)16(18(23)27-6)12(2)20(11)4/h7-10H,1-6H3. The SMILES string of the molecule is COC(=O)C1=C(C)N(C)C(C)=C(C(=O)OC)C1(C)c1ccccc1[N+](=O)[O-]. The molecule has 144 valence electrons. The van der Waals surface area contributed by atoms with E-state index >= 15 is 0 Å².